The van der Waals surface area contributed by atoms with Gasteiger partial charge in [0.2, 0.25) is 0 Å². The Kier molecular flexibility index (Phi) is 2.86. The first-order chi connectivity index (χ1) is 8.39. The molecule has 1 saturated heterocycles. The van der Waals surface area contributed by atoms with E-state index < -0.39 is 17.7 Å². The molecule has 0 aromatic heterocycles. The topological polar surface area (TPSA) is 87.1 Å². The first kappa shape index (κ1) is 12.2. The third kappa shape index (κ3) is 2.37. The van der Waals surface area contributed by atoms with Gasteiger partial charge in [-0.25, -0.2) is 4.79 Å². The highest BCUT2D eigenvalue weighted by Gasteiger charge is 2.43. The molecule has 2 N–H and O–H groups in total. The van der Waals surface area contributed by atoms with Gasteiger partial charge in [-0.2, -0.15) is 0 Å². The molecule has 1 fully saturated rings. The molecule has 1 amide bonds. The summed E-state index contributed by atoms with van der Waals surface area (Å²) in [6, 6.07) is 6.05. The SMILES string of the molecule is CC1(CC(=O)O)CN(c2ccc(O)cc2)C(=O)O1. The van der Waals surface area contributed by atoms with E-state index in [0.29, 0.717) is 5.69 Å². The molecule has 6 heteroatoms. The van der Waals surface area contributed by atoms with Gasteiger partial charge in [0, 0.05) is 5.69 Å². The van der Waals surface area contributed by atoms with Gasteiger partial charge in [-0.3, -0.25) is 9.69 Å². The molecule has 1 aliphatic heterocycles. The normalized spacial score (nSPS) is 22.9. The van der Waals surface area contributed by atoms with Gasteiger partial charge in [-0.05, 0) is 31.2 Å². The van der Waals surface area contributed by atoms with Gasteiger partial charge >= 0.3 is 12.1 Å². The Hall–Kier alpha value is -2.24. The van der Waals surface area contributed by atoms with Gasteiger partial charge in [0.15, 0.2) is 0 Å². The zero-order chi connectivity index (χ0) is 13.3. The number of phenolic OH excluding ortho intramolecular Hbond substituents is 1. The van der Waals surface area contributed by atoms with E-state index in [1.807, 2.05) is 0 Å². The van der Waals surface area contributed by atoms with Crippen LogP contribution in [0.2, 0.25) is 0 Å². The Labute approximate surface area is 103 Å². The van der Waals surface area contributed by atoms with Gasteiger partial charge in [0.05, 0.1) is 13.0 Å². The first-order valence-electron chi connectivity index (χ1n) is 5.41. The second-order valence-corrected chi connectivity index (χ2v) is 4.49. The number of rotatable bonds is 3. The molecular weight excluding hydrogens is 238 g/mol. The molecule has 0 saturated carbocycles. The second-order valence-electron chi connectivity index (χ2n) is 4.49. The molecule has 0 bridgehead atoms. The summed E-state index contributed by atoms with van der Waals surface area (Å²) in [4.78, 5) is 23.8. The van der Waals surface area contributed by atoms with E-state index in [4.69, 9.17) is 9.84 Å². The molecule has 0 spiro atoms. The molecule has 2 rings (SSSR count). The maximum atomic E-state index is 11.7. The van der Waals surface area contributed by atoms with Crippen molar-refractivity contribution in [1.82, 2.24) is 0 Å². The van der Waals surface area contributed by atoms with Crippen LogP contribution in [0.5, 0.6) is 5.75 Å². The van der Waals surface area contributed by atoms with Crippen molar-refractivity contribution in [2.45, 2.75) is 18.9 Å². The van der Waals surface area contributed by atoms with Crippen LogP contribution in [0.4, 0.5) is 10.5 Å². The number of nitrogens with zero attached hydrogens (tertiary/aromatic N) is 1. The van der Waals surface area contributed by atoms with Gasteiger partial charge in [-0.1, -0.05) is 0 Å². The quantitative estimate of drug-likeness (QED) is 0.851. The molecule has 0 radical (unpaired) electrons. The average Bonchev–Trinajstić information content (AvgIpc) is 2.54. The number of anilines is 1. The van der Waals surface area contributed by atoms with E-state index in [9.17, 15) is 14.7 Å². The number of carboxylic acids is 1. The number of aromatic hydroxyl groups is 1. The van der Waals surface area contributed by atoms with Crippen molar-refractivity contribution in [2.24, 2.45) is 0 Å². The number of amides is 1. The standard InChI is InChI=1S/C12H13NO5/c1-12(6-10(15)16)7-13(11(17)18-12)8-2-4-9(14)5-3-8/h2-5,14H,6-7H2,1H3,(H,15,16). The summed E-state index contributed by atoms with van der Waals surface area (Å²) >= 11 is 0. The van der Waals surface area contributed by atoms with E-state index in [1.54, 1.807) is 19.1 Å². The first-order valence-corrected chi connectivity index (χ1v) is 5.41. The Morgan fingerprint density at radius 2 is 2.06 bits per heavy atom. The number of carboxylic acid groups (broad SMARTS) is 1. The molecule has 6 nitrogen and oxygen atoms in total. The summed E-state index contributed by atoms with van der Waals surface area (Å²) in [5.74, 6) is -0.919. The summed E-state index contributed by atoms with van der Waals surface area (Å²) in [5, 5.41) is 18.0. The van der Waals surface area contributed by atoms with E-state index in [2.05, 4.69) is 0 Å². The van der Waals surface area contributed by atoms with Crippen LogP contribution in [0.3, 0.4) is 0 Å². The summed E-state index contributed by atoms with van der Waals surface area (Å²) < 4.78 is 5.10. The zero-order valence-electron chi connectivity index (χ0n) is 9.79. The number of cyclic esters (lactones) is 1. The summed E-state index contributed by atoms with van der Waals surface area (Å²) in [6.45, 7) is 1.75. The van der Waals surface area contributed by atoms with E-state index in [0.717, 1.165) is 0 Å². The van der Waals surface area contributed by atoms with Crippen LogP contribution < -0.4 is 4.90 Å². The van der Waals surface area contributed by atoms with Crippen LogP contribution in [-0.4, -0.2) is 34.4 Å². The Balaban J connectivity index is 2.19. The van der Waals surface area contributed by atoms with Crippen LogP contribution in [0, 0.1) is 0 Å². The number of aliphatic carboxylic acids is 1. The number of carbonyl (C=O) groups is 2. The second kappa shape index (κ2) is 4.21. The highest BCUT2D eigenvalue weighted by atomic mass is 16.6. The molecule has 18 heavy (non-hydrogen) atoms. The number of hydrogen-bond donors (Lipinski definition) is 2. The maximum absolute atomic E-state index is 11.7. The molecule has 1 unspecified atom stereocenters. The lowest BCUT2D eigenvalue weighted by Gasteiger charge is -2.19. The lowest BCUT2D eigenvalue weighted by Crippen LogP contribution is -2.33. The fraction of sp³-hybridized carbons (Fsp3) is 0.333. The fourth-order valence-corrected chi connectivity index (χ4v) is 1.94. The summed E-state index contributed by atoms with van der Waals surface area (Å²) in [6.07, 6.45) is -0.822. The highest BCUT2D eigenvalue weighted by molar-refractivity contribution is 5.90. The highest BCUT2D eigenvalue weighted by Crippen LogP contribution is 2.30. The van der Waals surface area contributed by atoms with Gasteiger partial charge in [-0.15, -0.1) is 0 Å². The van der Waals surface area contributed by atoms with Gasteiger partial charge < -0.3 is 14.9 Å². The van der Waals surface area contributed by atoms with E-state index in [-0.39, 0.29) is 18.7 Å². The van der Waals surface area contributed by atoms with Crippen LogP contribution in [0.25, 0.3) is 0 Å². The predicted molar refractivity (Wildman–Crippen MR) is 62.6 cm³/mol. The van der Waals surface area contributed by atoms with Gasteiger partial charge in [0.1, 0.15) is 11.4 Å². The Morgan fingerprint density at radius 1 is 1.44 bits per heavy atom. The fourth-order valence-electron chi connectivity index (χ4n) is 1.94. The van der Waals surface area contributed by atoms with Crippen molar-refractivity contribution < 1.29 is 24.5 Å². The van der Waals surface area contributed by atoms with Crippen molar-refractivity contribution >= 4 is 17.7 Å². The molecule has 1 heterocycles. The molecule has 1 aromatic rings. The minimum Gasteiger partial charge on any atom is -0.508 e. The lowest BCUT2D eigenvalue weighted by atomic mass is 10.0. The number of benzene rings is 1. The smallest absolute Gasteiger partial charge is 0.415 e. The monoisotopic (exact) mass is 251 g/mol. The molecule has 1 aromatic carbocycles. The molecule has 0 aliphatic carbocycles. The van der Waals surface area contributed by atoms with E-state index in [1.165, 1.54) is 17.0 Å². The molecule has 96 valence electrons. The number of ether oxygens (including phenoxy) is 1. The van der Waals surface area contributed by atoms with Crippen molar-refractivity contribution in [2.75, 3.05) is 11.4 Å². The third-order valence-electron chi connectivity index (χ3n) is 2.73. The largest absolute Gasteiger partial charge is 0.508 e. The molecule has 1 aliphatic rings. The predicted octanol–water partition coefficient (Wildman–Crippen LogP) is 1.58. The minimum absolute atomic E-state index is 0.0969. The van der Waals surface area contributed by atoms with Crippen LogP contribution >= 0.6 is 0 Å². The third-order valence-corrected chi connectivity index (χ3v) is 2.73. The summed E-state index contributed by atoms with van der Waals surface area (Å²) in [7, 11) is 0. The Bertz CT molecular complexity index is 484. The number of carbonyl (C=O) groups excluding carboxylic acids is 1. The molecular formula is C12H13NO5. The Morgan fingerprint density at radius 3 is 2.61 bits per heavy atom. The lowest BCUT2D eigenvalue weighted by molar-refractivity contribution is -0.140. The summed E-state index contributed by atoms with van der Waals surface area (Å²) in [5.41, 5.74) is -0.465. The zero-order valence-corrected chi connectivity index (χ0v) is 9.79. The average molecular weight is 251 g/mol. The van der Waals surface area contributed by atoms with Gasteiger partial charge in [0.25, 0.3) is 0 Å². The van der Waals surface area contributed by atoms with Crippen molar-refractivity contribution in [3.63, 3.8) is 0 Å². The van der Waals surface area contributed by atoms with Crippen molar-refractivity contribution in [1.29, 1.82) is 0 Å². The molecule has 1 atom stereocenters. The van der Waals surface area contributed by atoms with Crippen LogP contribution in [0.15, 0.2) is 24.3 Å². The maximum Gasteiger partial charge on any atom is 0.415 e. The van der Waals surface area contributed by atoms with E-state index >= 15 is 0 Å². The van der Waals surface area contributed by atoms with Crippen molar-refractivity contribution in [3.8, 4) is 5.75 Å². The minimum atomic E-state index is -1.03. The van der Waals surface area contributed by atoms with Crippen LogP contribution in [0.1, 0.15) is 13.3 Å². The number of phenols is 1. The van der Waals surface area contributed by atoms with Crippen molar-refractivity contribution in [3.05, 3.63) is 24.3 Å². The number of hydrogen-bond acceptors (Lipinski definition) is 4. The van der Waals surface area contributed by atoms with Crippen LogP contribution in [-0.2, 0) is 9.53 Å².